The first-order chi connectivity index (χ1) is 15.5. The third-order valence-corrected chi connectivity index (χ3v) is 5.69. The van der Waals surface area contributed by atoms with Gasteiger partial charge in [-0.1, -0.05) is 24.3 Å². The molecule has 2 aromatic carbocycles. The highest BCUT2D eigenvalue weighted by atomic mass is 19.1. The van der Waals surface area contributed by atoms with Gasteiger partial charge >= 0.3 is 0 Å². The molecule has 3 heterocycles. The van der Waals surface area contributed by atoms with Crippen LogP contribution in [0, 0.1) is 12.7 Å². The first-order valence-electron chi connectivity index (χ1n) is 10.4. The average Bonchev–Trinajstić information content (AvgIpc) is 3.21. The SMILES string of the molecule is Cc1cccc(F)c1-n1nc2c(-c3ccc(N4CCOC(CO)C4)cc3)n[nH]c2cc1=O. The summed E-state index contributed by atoms with van der Waals surface area (Å²) in [6.45, 7) is 3.66. The van der Waals surface area contributed by atoms with E-state index in [9.17, 15) is 14.3 Å². The number of aromatic amines is 1. The zero-order chi connectivity index (χ0) is 22.2. The van der Waals surface area contributed by atoms with Crippen LogP contribution in [0.1, 0.15) is 5.56 Å². The standard InChI is InChI=1S/C23H22FN5O3/c1-14-3-2-4-18(24)23(14)29-20(31)11-19-22(27-29)21(26-25-19)15-5-7-16(8-6-15)28-9-10-32-17(12-28)13-30/h2-8,11,17,25,30H,9-10,12-13H2,1H3. The molecular formula is C23H22FN5O3. The van der Waals surface area contributed by atoms with E-state index < -0.39 is 11.4 Å². The zero-order valence-electron chi connectivity index (χ0n) is 17.5. The summed E-state index contributed by atoms with van der Waals surface area (Å²) in [7, 11) is 0. The topological polar surface area (TPSA) is 96.3 Å². The molecule has 32 heavy (non-hydrogen) atoms. The van der Waals surface area contributed by atoms with Crippen LogP contribution in [0.5, 0.6) is 0 Å². The van der Waals surface area contributed by atoms with Crippen LogP contribution in [0.3, 0.4) is 0 Å². The molecule has 0 radical (unpaired) electrons. The Bertz CT molecular complexity index is 1310. The monoisotopic (exact) mass is 435 g/mol. The Morgan fingerprint density at radius 2 is 2.06 bits per heavy atom. The first kappa shape index (κ1) is 20.3. The van der Waals surface area contributed by atoms with Crippen molar-refractivity contribution in [2.24, 2.45) is 0 Å². The van der Waals surface area contributed by atoms with Crippen molar-refractivity contribution < 1.29 is 14.2 Å². The third-order valence-electron chi connectivity index (χ3n) is 5.69. The number of fused-ring (bicyclic) bond motifs is 1. The fourth-order valence-electron chi connectivity index (χ4n) is 4.03. The Balaban J connectivity index is 1.53. The molecule has 8 nitrogen and oxygen atoms in total. The van der Waals surface area contributed by atoms with Gasteiger partial charge < -0.3 is 14.7 Å². The molecule has 1 aliphatic heterocycles. The molecule has 1 unspecified atom stereocenters. The number of aryl methyl sites for hydroxylation is 1. The van der Waals surface area contributed by atoms with Crippen molar-refractivity contribution >= 4 is 16.7 Å². The van der Waals surface area contributed by atoms with Crippen molar-refractivity contribution in [2.45, 2.75) is 13.0 Å². The van der Waals surface area contributed by atoms with Crippen molar-refractivity contribution in [3.05, 3.63) is 70.3 Å². The summed E-state index contributed by atoms with van der Waals surface area (Å²) >= 11 is 0. The number of aliphatic hydroxyl groups excluding tert-OH is 1. The number of ether oxygens (including phenoxy) is 1. The van der Waals surface area contributed by atoms with E-state index in [0.29, 0.717) is 35.4 Å². The van der Waals surface area contributed by atoms with E-state index in [1.54, 1.807) is 19.1 Å². The number of H-pyrrole nitrogens is 1. The molecular weight excluding hydrogens is 413 g/mol. The van der Waals surface area contributed by atoms with E-state index in [1.807, 2.05) is 24.3 Å². The van der Waals surface area contributed by atoms with Gasteiger partial charge in [0.05, 0.1) is 24.8 Å². The van der Waals surface area contributed by atoms with Gasteiger partial charge in [-0.15, -0.1) is 0 Å². The summed E-state index contributed by atoms with van der Waals surface area (Å²) in [6, 6.07) is 13.8. The number of hydrogen-bond acceptors (Lipinski definition) is 6. The zero-order valence-corrected chi connectivity index (χ0v) is 17.5. The first-order valence-corrected chi connectivity index (χ1v) is 10.4. The van der Waals surface area contributed by atoms with Crippen molar-refractivity contribution in [3.63, 3.8) is 0 Å². The summed E-state index contributed by atoms with van der Waals surface area (Å²) in [5.41, 5.74) is 3.67. The maximum Gasteiger partial charge on any atom is 0.273 e. The third kappa shape index (κ3) is 3.55. The molecule has 2 aromatic heterocycles. The molecule has 4 aromatic rings. The molecule has 0 saturated carbocycles. The lowest BCUT2D eigenvalue weighted by atomic mass is 10.1. The van der Waals surface area contributed by atoms with Crippen molar-refractivity contribution in [3.8, 4) is 16.9 Å². The van der Waals surface area contributed by atoms with Gasteiger partial charge in [0, 0.05) is 30.4 Å². The van der Waals surface area contributed by atoms with Gasteiger partial charge in [-0.05, 0) is 30.7 Å². The number of hydrogen-bond donors (Lipinski definition) is 2. The largest absolute Gasteiger partial charge is 0.394 e. The second-order valence-corrected chi connectivity index (χ2v) is 7.80. The lowest BCUT2D eigenvalue weighted by molar-refractivity contribution is 0.00357. The van der Waals surface area contributed by atoms with Crippen LogP contribution in [0.15, 0.2) is 53.3 Å². The van der Waals surface area contributed by atoms with Crippen LogP contribution in [-0.4, -0.2) is 57.5 Å². The fraction of sp³-hybridized carbons (Fsp3) is 0.261. The number of aromatic nitrogens is 4. The number of nitrogens with zero attached hydrogens (tertiary/aromatic N) is 4. The summed E-state index contributed by atoms with van der Waals surface area (Å²) in [5.74, 6) is -0.514. The number of rotatable bonds is 4. The second kappa shape index (κ2) is 8.18. The molecule has 1 saturated heterocycles. The molecule has 0 bridgehead atoms. The lowest BCUT2D eigenvalue weighted by Crippen LogP contribution is -2.44. The molecule has 0 amide bonds. The molecule has 9 heteroatoms. The highest BCUT2D eigenvalue weighted by Crippen LogP contribution is 2.27. The molecule has 164 valence electrons. The summed E-state index contributed by atoms with van der Waals surface area (Å²) in [6.07, 6.45) is -0.193. The molecule has 0 spiro atoms. The molecule has 1 atom stereocenters. The number of para-hydroxylation sites is 1. The highest BCUT2D eigenvalue weighted by molar-refractivity contribution is 5.89. The predicted molar refractivity (Wildman–Crippen MR) is 119 cm³/mol. The maximum atomic E-state index is 14.5. The number of halogens is 1. The summed E-state index contributed by atoms with van der Waals surface area (Å²) in [4.78, 5) is 14.8. The predicted octanol–water partition coefficient (Wildman–Crippen LogP) is 2.42. The minimum atomic E-state index is -0.514. The van der Waals surface area contributed by atoms with Gasteiger partial charge in [0.25, 0.3) is 5.56 Å². The van der Waals surface area contributed by atoms with Crippen LogP contribution < -0.4 is 10.5 Å². The summed E-state index contributed by atoms with van der Waals surface area (Å²) < 4.78 is 21.1. The Labute approximate surface area is 182 Å². The highest BCUT2D eigenvalue weighted by Gasteiger charge is 2.21. The quantitative estimate of drug-likeness (QED) is 0.511. The molecule has 1 fully saturated rings. The number of nitrogens with one attached hydrogen (secondary N) is 1. The van der Waals surface area contributed by atoms with Crippen LogP contribution in [-0.2, 0) is 4.74 Å². The molecule has 5 rings (SSSR count). The van der Waals surface area contributed by atoms with E-state index in [2.05, 4.69) is 20.2 Å². The van der Waals surface area contributed by atoms with Crippen molar-refractivity contribution in [1.82, 2.24) is 20.0 Å². The molecule has 0 aliphatic carbocycles. The number of morpholine rings is 1. The van der Waals surface area contributed by atoms with E-state index in [0.717, 1.165) is 22.5 Å². The van der Waals surface area contributed by atoms with Gasteiger partial charge in [-0.3, -0.25) is 9.89 Å². The fourth-order valence-corrected chi connectivity index (χ4v) is 4.03. The van der Waals surface area contributed by atoms with Crippen molar-refractivity contribution in [2.75, 3.05) is 31.2 Å². The Morgan fingerprint density at radius 1 is 1.25 bits per heavy atom. The van der Waals surface area contributed by atoms with Gasteiger partial charge in [-0.2, -0.15) is 14.9 Å². The maximum absolute atomic E-state index is 14.5. The summed E-state index contributed by atoms with van der Waals surface area (Å²) in [5, 5.41) is 21.0. The van der Waals surface area contributed by atoms with E-state index >= 15 is 0 Å². The van der Waals surface area contributed by atoms with Crippen LogP contribution in [0.4, 0.5) is 10.1 Å². The van der Waals surface area contributed by atoms with Crippen molar-refractivity contribution in [1.29, 1.82) is 0 Å². The number of benzene rings is 2. The normalized spacial score (nSPS) is 16.6. The number of aliphatic hydroxyl groups is 1. The lowest BCUT2D eigenvalue weighted by Gasteiger charge is -2.33. The van der Waals surface area contributed by atoms with E-state index in [4.69, 9.17) is 4.74 Å². The van der Waals surface area contributed by atoms with Crippen LogP contribution in [0.25, 0.3) is 28.0 Å². The minimum absolute atomic E-state index is 0.0112. The van der Waals surface area contributed by atoms with Crippen LogP contribution in [0.2, 0.25) is 0 Å². The smallest absolute Gasteiger partial charge is 0.273 e. The van der Waals surface area contributed by atoms with Gasteiger partial charge in [0.15, 0.2) is 0 Å². The van der Waals surface area contributed by atoms with E-state index in [-0.39, 0.29) is 18.4 Å². The molecule has 1 aliphatic rings. The Kier molecular flexibility index (Phi) is 5.20. The second-order valence-electron chi connectivity index (χ2n) is 7.80. The Hall–Kier alpha value is -3.56. The van der Waals surface area contributed by atoms with Gasteiger partial charge in [0.2, 0.25) is 0 Å². The van der Waals surface area contributed by atoms with Crippen LogP contribution >= 0.6 is 0 Å². The average molecular weight is 435 g/mol. The van der Waals surface area contributed by atoms with Gasteiger partial charge in [0.1, 0.15) is 22.7 Å². The minimum Gasteiger partial charge on any atom is -0.394 e. The van der Waals surface area contributed by atoms with E-state index in [1.165, 1.54) is 12.1 Å². The number of anilines is 1. The van der Waals surface area contributed by atoms with Gasteiger partial charge in [-0.25, -0.2) is 4.39 Å². The Morgan fingerprint density at radius 3 is 2.81 bits per heavy atom. The molecule has 2 N–H and O–H groups in total.